The lowest BCUT2D eigenvalue weighted by Crippen LogP contribution is -2.45. The summed E-state index contributed by atoms with van der Waals surface area (Å²) in [7, 11) is 4.98. The highest BCUT2D eigenvalue weighted by molar-refractivity contribution is 8.55. The molecule has 1 rings (SSSR count). The zero-order valence-corrected chi connectivity index (χ0v) is 11.9. The van der Waals surface area contributed by atoms with Crippen molar-refractivity contribution in [3.63, 3.8) is 0 Å². The van der Waals surface area contributed by atoms with E-state index in [0.29, 0.717) is 0 Å². The van der Waals surface area contributed by atoms with Gasteiger partial charge in [-0.15, -0.1) is 0 Å². The van der Waals surface area contributed by atoms with Gasteiger partial charge in [0.25, 0.3) is 0 Å². The molecule has 96 valence electrons. The van der Waals surface area contributed by atoms with Crippen molar-refractivity contribution in [1.29, 1.82) is 0 Å². The van der Waals surface area contributed by atoms with Crippen LogP contribution in [0.4, 0.5) is 0 Å². The highest BCUT2D eigenvalue weighted by Gasteiger charge is 2.22. The van der Waals surface area contributed by atoms with E-state index in [1.165, 1.54) is 25.6 Å². The first kappa shape index (κ1) is 14.5. The molecule has 1 fully saturated rings. The number of hydrogen-bond donors (Lipinski definition) is 0. The topological polar surface area (TPSA) is 42.0 Å². The standard InChI is InChI=1S/C9H21N2O3PS/c1-10-4-6-11(7-5-10)8-9-16-15(12,13-2)14-3/h4-9H2,1-3H3. The van der Waals surface area contributed by atoms with Crippen LogP contribution in [0.5, 0.6) is 0 Å². The quantitative estimate of drug-likeness (QED) is 0.678. The Morgan fingerprint density at radius 3 is 2.25 bits per heavy atom. The molecule has 7 heteroatoms. The predicted octanol–water partition coefficient (Wildman–Crippen LogP) is 1.37. The smallest absolute Gasteiger partial charge is 0.304 e. The van der Waals surface area contributed by atoms with E-state index in [-0.39, 0.29) is 0 Å². The van der Waals surface area contributed by atoms with Gasteiger partial charge in [0.2, 0.25) is 0 Å². The van der Waals surface area contributed by atoms with Gasteiger partial charge in [0.15, 0.2) is 0 Å². The number of nitrogens with zero attached hydrogens (tertiary/aromatic N) is 2. The Hall–Kier alpha value is 0.420. The molecule has 0 saturated carbocycles. The Balaban J connectivity index is 2.18. The lowest BCUT2D eigenvalue weighted by Gasteiger charge is -2.32. The van der Waals surface area contributed by atoms with Gasteiger partial charge in [-0.25, -0.2) is 4.57 Å². The van der Waals surface area contributed by atoms with Crippen molar-refractivity contribution >= 4 is 18.2 Å². The summed E-state index contributed by atoms with van der Waals surface area (Å²) in [6, 6.07) is 0. The van der Waals surface area contributed by atoms with Crippen molar-refractivity contribution < 1.29 is 13.6 Å². The minimum atomic E-state index is -2.88. The third-order valence-electron chi connectivity index (χ3n) is 2.70. The van der Waals surface area contributed by atoms with Gasteiger partial charge in [-0.3, -0.25) is 4.90 Å². The van der Waals surface area contributed by atoms with Crippen LogP contribution in [-0.4, -0.2) is 69.5 Å². The van der Waals surface area contributed by atoms with Crippen molar-refractivity contribution in [3.8, 4) is 0 Å². The summed E-state index contributed by atoms with van der Waals surface area (Å²) in [5, 5.41) is 0. The summed E-state index contributed by atoms with van der Waals surface area (Å²) in [5.74, 6) is 0.780. The number of piperazine rings is 1. The van der Waals surface area contributed by atoms with Gasteiger partial charge in [-0.2, -0.15) is 0 Å². The minimum absolute atomic E-state index is 0.780. The Labute approximate surface area is 102 Å². The first-order valence-corrected chi connectivity index (χ1v) is 8.50. The molecule has 1 saturated heterocycles. The van der Waals surface area contributed by atoms with Crippen LogP contribution in [0.1, 0.15) is 0 Å². The van der Waals surface area contributed by atoms with Crippen LogP contribution in [0.2, 0.25) is 0 Å². The Kier molecular flexibility index (Phi) is 6.32. The molecule has 1 aliphatic rings. The maximum absolute atomic E-state index is 11.7. The van der Waals surface area contributed by atoms with E-state index in [4.69, 9.17) is 9.05 Å². The Morgan fingerprint density at radius 1 is 1.19 bits per heavy atom. The summed E-state index contributed by atoms with van der Waals surface area (Å²) < 4.78 is 21.5. The zero-order chi connectivity index (χ0) is 12.0. The fourth-order valence-corrected chi connectivity index (χ4v) is 4.00. The van der Waals surface area contributed by atoms with Crippen molar-refractivity contribution in [2.45, 2.75) is 0 Å². The van der Waals surface area contributed by atoms with Crippen molar-refractivity contribution in [3.05, 3.63) is 0 Å². The third-order valence-corrected chi connectivity index (χ3v) is 6.67. The second-order valence-corrected chi connectivity index (χ2v) is 8.20. The van der Waals surface area contributed by atoms with Crippen LogP contribution in [0.3, 0.4) is 0 Å². The van der Waals surface area contributed by atoms with E-state index in [0.717, 1.165) is 38.5 Å². The molecule has 16 heavy (non-hydrogen) atoms. The SMILES string of the molecule is COP(=O)(OC)SCCN1CCN(C)CC1. The summed E-state index contributed by atoms with van der Waals surface area (Å²) in [5.41, 5.74) is 0. The molecule has 1 heterocycles. The molecular formula is C9H21N2O3PS. The molecule has 0 bridgehead atoms. The number of hydrogen-bond acceptors (Lipinski definition) is 6. The van der Waals surface area contributed by atoms with E-state index < -0.39 is 6.80 Å². The Morgan fingerprint density at radius 2 is 1.75 bits per heavy atom. The average molecular weight is 268 g/mol. The molecule has 0 aromatic heterocycles. The summed E-state index contributed by atoms with van der Waals surface area (Å²) in [6.45, 7) is 2.44. The van der Waals surface area contributed by atoms with E-state index in [1.54, 1.807) is 0 Å². The first-order valence-electron chi connectivity index (χ1n) is 5.36. The van der Waals surface area contributed by atoms with Crippen LogP contribution in [0, 0.1) is 0 Å². The molecule has 0 amide bonds. The molecule has 0 unspecified atom stereocenters. The minimum Gasteiger partial charge on any atom is -0.304 e. The molecule has 0 N–H and O–H groups in total. The third kappa shape index (κ3) is 4.73. The molecule has 0 spiro atoms. The fraction of sp³-hybridized carbons (Fsp3) is 1.00. The zero-order valence-electron chi connectivity index (χ0n) is 10.2. The number of likely N-dealkylation sites (N-methyl/N-ethyl adjacent to an activating group) is 1. The van der Waals surface area contributed by atoms with Crippen molar-refractivity contribution in [1.82, 2.24) is 9.80 Å². The molecule has 0 aromatic carbocycles. The predicted molar refractivity (Wildman–Crippen MR) is 68.0 cm³/mol. The first-order chi connectivity index (χ1) is 7.59. The molecule has 1 aliphatic heterocycles. The molecule has 0 aliphatic carbocycles. The second kappa shape index (κ2) is 6.99. The van der Waals surface area contributed by atoms with E-state index >= 15 is 0 Å². The maximum atomic E-state index is 11.7. The maximum Gasteiger partial charge on any atom is 0.388 e. The van der Waals surface area contributed by atoms with E-state index in [1.807, 2.05) is 0 Å². The lowest BCUT2D eigenvalue weighted by atomic mass is 10.3. The van der Waals surface area contributed by atoms with Crippen molar-refractivity contribution in [2.24, 2.45) is 0 Å². The molecule has 0 atom stereocenters. The molecule has 5 nitrogen and oxygen atoms in total. The average Bonchev–Trinajstić information content (AvgIpc) is 2.31. The Bertz CT molecular complexity index is 239. The van der Waals surface area contributed by atoms with Crippen LogP contribution in [-0.2, 0) is 13.6 Å². The monoisotopic (exact) mass is 268 g/mol. The highest BCUT2D eigenvalue weighted by atomic mass is 32.7. The fourth-order valence-electron chi connectivity index (χ4n) is 1.53. The van der Waals surface area contributed by atoms with Gasteiger partial charge in [-0.1, -0.05) is 0 Å². The van der Waals surface area contributed by atoms with Gasteiger partial charge in [0, 0.05) is 52.7 Å². The van der Waals surface area contributed by atoms with Gasteiger partial charge >= 0.3 is 6.80 Å². The van der Waals surface area contributed by atoms with Gasteiger partial charge in [-0.05, 0) is 18.4 Å². The highest BCUT2D eigenvalue weighted by Crippen LogP contribution is 2.59. The number of rotatable bonds is 6. The van der Waals surface area contributed by atoms with Gasteiger partial charge < -0.3 is 13.9 Å². The molecule has 0 aromatic rings. The van der Waals surface area contributed by atoms with E-state index in [2.05, 4.69) is 16.8 Å². The summed E-state index contributed by atoms with van der Waals surface area (Å²) in [6.07, 6.45) is 0. The normalized spacial score (nSPS) is 20.2. The van der Waals surface area contributed by atoms with Crippen LogP contribution >= 0.6 is 18.2 Å². The molecular weight excluding hydrogens is 247 g/mol. The van der Waals surface area contributed by atoms with Crippen LogP contribution < -0.4 is 0 Å². The molecule has 0 radical (unpaired) electrons. The second-order valence-electron chi connectivity index (χ2n) is 3.79. The van der Waals surface area contributed by atoms with Gasteiger partial charge in [0.1, 0.15) is 0 Å². The summed E-state index contributed by atoms with van der Waals surface area (Å²) in [4.78, 5) is 4.70. The van der Waals surface area contributed by atoms with E-state index in [9.17, 15) is 4.57 Å². The summed E-state index contributed by atoms with van der Waals surface area (Å²) >= 11 is 1.27. The van der Waals surface area contributed by atoms with Gasteiger partial charge in [0.05, 0.1) is 0 Å². The largest absolute Gasteiger partial charge is 0.388 e. The lowest BCUT2D eigenvalue weighted by molar-refractivity contribution is 0.161. The van der Waals surface area contributed by atoms with Crippen LogP contribution in [0.25, 0.3) is 0 Å². The van der Waals surface area contributed by atoms with Crippen LogP contribution in [0.15, 0.2) is 0 Å². The van der Waals surface area contributed by atoms with Crippen molar-refractivity contribution in [2.75, 3.05) is 59.7 Å².